The Labute approximate surface area is 113 Å². The number of aliphatic hydroxyl groups is 1. The second-order valence-corrected chi connectivity index (χ2v) is 4.35. The van der Waals surface area contributed by atoms with Crippen molar-refractivity contribution in [1.82, 2.24) is 10.2 Å². The van der Waals surface area contributed by atoms with Gasteiger partial charge in [0.1, 0.15) is 6.04 Å². The maximum absolute atomic E-state index is 12.0. The largest absolute Gasteiger partial charge is 0.480 e. The Morgan fingerprint density at radius 3 is 2.42 bits per heavy atom. The van der Waals surface area contributed by atoms with Crippen LogP contribution >= 0.6 is 0 Å². The van der Waals surface area contributed by atoms with E-state index in [-0.39, 0.29) is 19.1 Å². The maximum Gasteiger partial charge on any atom is 0.326 e. The summed E-state index contributed by atoms with van der Waals surface area (Å²) < 4.78 is 4.87. The highest BCUT2D eigenvalue weighted by atomic mass is 16.5. The fraction of sp³-hybridized carbons (Fsp3) is 0.833. The fourth-order valence-electron chi connectivity index (χ4n) is 1.54. The number of methoxy groups -OCH3 is 1. The highest BCUT2D eigenvalue weighted by Gasteiger charge is 2.27. The predicted molar refractivity (Wildman–Crippen MR) is 69.9 cm³/mol. The van der Waals surface area contributed by atoms with Crippen LogP contribution in [0.25, 0.3) is 0 Å². The lowest BCUT2D eigenvalue weighted by Crippen LogP contribution is -2.51. The minimum atomic E-state index is -1.06. The molecule has 112 valence electrons. The molecule has 0 spiro atoms. The molecule has 0 heterocycles. The molecule has 2 amide bonds. The zero-order valence-electron chi connectivity index (χ0n) is 11.8. The van der Waals surface area contributed by atoms with Crippen LogP contribution in [0.3, 0.4) is 0 Å². The van der Waals surface area contributed by atoms with Gasteiger partial charge in [0, 0.05) is 20.2 Å². The maximum atomic E-state index is 12.0. The molecule has 0 rings (SSSR count). The summed E-state index contributed by atoms with van der Waals surface area (Å²) in [5, 5.41) is 20.5. The predicted octanol–water partition coefficient (Wildman–Crippen LogP) is 0.136. The van der Waals surface area contributed by atoms with Gasteiger partial charge in [-0.25, -0.2) is 9.59 Å². The smallest absolute Gasteiger partial charge is 0.326 e. The number of carbonyl (C=O) groups excluding carboxylic acids is 1. The van der Waals surface area contributed by atoms with Crippen molar-refractivity contribution >= 4 is 12.0 Å². The molecule has 3 N–H and O–H groups in total. The third-order valence-electron chi connectivity index (χ3n) is 2.98. The van der Waals surface area contributed by atoms with Crippen molar-refractivity contribution in [2.24, 2.45) is 5.92 Å². The highest BCUT2D eigenvalue weighted by molar-refractivity contribution is 5.82. The van der Waals surface area contributed by atoms with E-state index in [1.165, 1.54) is 12.0 Å². The zero-order chi connectivity index (χ0) is 14.8. The molecule has 7 nitrogen and oxygen atoms in total. The molecule has 0 aliphatic rings. The third-order valence-corrected chi connectivity index (χ3v) is 2.98. The molecule has 1 unspecified atom stereocenters. The molecule has 7 heteroatoms. The number of nitrogens with one attached hydrogen (secondary N) is 1. The number of hydrogen-bond acceptors (Lipinski definition) is 4. The number of carbonyl (C=O) groups is 2. The summed E-state index contributed by atoms with van der Waals surface area (Å²) in [5.41, 5.74) is 0. The van der Waals surface area contributed by atoms with Gasteiger partial charge in [0.2, 0.25) is 0 Å². The number of urea groups is 1. The quantitative estimate of drug-likeness (QED) is 0.556. The van der Waals surface area contributed by atoms with E-state index >= 15 is 0 Å². The van der Waals surface area contributed by atoms with Crippen molar-refractivity contribution in [3.8, 4) is 0 Å². The minimum Gasteiger partial charge on any atom is -0.480 e. The Kier molecular flexibility index (Phi) is 8.90. The summed E-state index contributed by atoms with van der Waals surface area (Å²) >= 11 is 0. The number of aliphatic hydroxyl groups excluding tert-OH is 1. The number of nitrogens with zero attached hydrogens (tertiary/aromatic N) is 1. The normalized spacial score (nSPS) is 13.7. The van der Waals surface area contributed by atoms with Crippen molar-refractivity contribution in [3.05, 3.63) is 0 Å². The lowest BCUT2D eigenvalue weighted by molar-refractivity contribution is -0.140. The molecule has 0 aromatic heterocycles. The lowest BCUT2D eigenvalue weighted by atomic mass is 9.99. The molecule has 0 saturated heterocycles. The zero-order valence-corrected chi connectivity index (χ0v) is 11.8. The van der Waals surface area contributed by atoms with Crippen LogP contribution in [-0.4, -0.2) is 66.6 Å². The van der Waals surface area contributed by atoms with Crippen molar-refractivity contribution in [3.63, 3.8) is 0 Å². The van der Waals surface area contributed by atoms with Gasteiger partial charge in [-0.15, -0.1) is 0 Å². The average molecular weight is 276 g/mol. The Hall–Kier alpha value is -1.34. The molecule has 0 radical (unpaired) electrons. The first-order chi connectivity index (χ1) is 8.97. The van der Waals surface area contributed by atoms with Crippen LogP contribution in [0.5, 0.6) is 0 Å². The van der Waals surface area contributed by atoms with Crippen molar-refractivity contribution < 1.29 is 24.5 Å². The van der Waals surface area contributed by atoms with E-state index in [9.17, 15) is 9.59 Å². The number of carboxylic acids is 1. The van der Waals surface area contributed by atoms with Crippen LogP contribution in [-0.2, 0) is 9.53 Å². The van der Waals surface area contributed by atoms with Gasteiger partial charge >= 0.3 is 12.0 Å². The molecule has 2 atom stereocenters. The van der Waals surface area contributed by atoms with Crippen LogP contribution in [0.15, 0.2) is 0 Å². The van der Waals surface area contributed by atoms with Gasteiger partial charge < -0.3 is 25.2 Å². The fourth-order valence-corrected chi connectivity index (χ4v) is 1.54. The topological polar surface area (TPSA) is 99.1 Å². The molecule has 0 bridgehead atoms. The van der Waals surface area contributed by atoms with Gasteiger partial charge in [-0.3, -0.25) is 0 Å². The highest BCUT2D eigenvalue weighted by Crippen LogP contribution is 2.08. The van der Waals surface area contributed by atoms with E-state index in [1.54, 1.807) is 6.92 Å². The first-order valence-electron chi connectivity index (χ1n) is 6.35. The first-order valence-corrected chi connectivity index (χ1v) is 6.35. The van der Waals surface area contributed by atoms with Crippen LogP contribution in [0.1, 0.15) is 20.3 Å². The van der Waals surface area contributed by atoms with Crippen molar-refractivity contribution in [2.45, 2.75) is 26.3 Å². The SMILES string of the molecule is CCC(C)[C@H](NC(=O)N(CCO)CCOC)C(=O)O. The summed E-state index contributed by atoms with van der Waals surface area (Å²) in [6.45, 7) is 4.22. The van der Waals surface area contributed by atoms with E-state index in [0.29, 0.717) is 19.6 Å². The number of ether oxygens (including phenoxy) is 1. The van der Waals surface area contributed by atoms with Crippen LogP contribution in [0.4, 0.5) is 4.79 Å². The Morgan fingerprint density at radius 2 is 2.00 bits per heavy atom. The second kappa shape index (κ2) is 9.57. The summed E-state index contributed by atoms with van der Waals surface area (Å²) in [5.74, 6) is -1.22. The van der Waals surface area contributed by atoms with Gasteiger partial charge in [-0.2, -0.15) is 0 Å². The van der Waals surface area contributed by atoms with Crippen LogP contribution < -0.4 is 5.32 Å². The minimum absolute atomic E-state index is 0.141. The summed E-state index contributed by atoms with van der Waals surface area (Å²) in [4.78, 5) is 24.4. The van der Waals surface area contributed by atoms with E-state index in [0.717, 1.165) is 0 Å². The Balaban J connectivity index is 4.60. The molecule has 0 aromatic rings. The van der Waals surface area contributed by atoms with Gasteiger partial charge in [0.05, 0.1) is 13.2 Å². The number of rotatable bonds is 9. The molecule has 0 aromatic carbocycles. The van der Waals surface area contributed by atoms with E-state index in [1.807, 2.05) is 6.92 Å². The Morgan fingerprint density at radius 1 is 1.37 bits per heavy atom. The van der Waals surface area contributed by atoms with Gasteiger partial charge in [0.25, 0.3) is 0 Å². The third kappa shape index (κ3) is 6.40. The summed E-state index contributed by atoms with van der Waals surface area (Å²) in [7, 11) is 1.51. The first kappa shape index (κ1) is 17.7. The molecule has 0 fully saturated rings. The van der Waals surface area contributed by atoms with E-state index in [4.69, 9.17) is 14.9 Å². The molecule has 0 aliphatic carbocycles. The lowest BCUT2D eigenvalue weighted by Gasteiger charge is -2.26. The molecular formula is C12H24N2O5. The number of carboxylic acid groups (broad SMARTS) is 1. The van der Waals surface area contributed by atoms with Crippen LogP contribution in [0.2, 0.25) is 0 Å². The van der Waals surface area contributed by atoms with Crippen LogP contribution in [0, 0.1) is 5.92 Å². The standard InChI is InChI=1S/C12H24N2O5/c1-4-9(2)10(11(16)17)13-12(18)14(5-7-15)6-8-19-3/h9-10,15H,4-8H2,1-3H3,(H,13,18)(H,16,17)/t9?,10-/m0/s1. The molecular weight excluding hydrogens is 252 g/mol. The van der Waals surface area contributed by atoms with Crippen molar-refractivity contribution in [1.29, 1.82) is 0 Å². The van der Waals surface area contributed by atoms with Gasteiger partial charge in [0.15, 0.2) is 0 Å². The van der Waals surface area contributed by atoms with E-state index in [2.05, 4.69) is 5.32 Å². The summed E-state index contributed by atoms with van der Waals surface area (Å²) in [6.07, 6.45) is 0.648. The Bertz CT molecular complexity index is 285. The number of amides is 2. The van der Waals surface area contributed by atoms with E-state index < -0.39 is 18.0 Å². The average Bonchev–Trinajstić information content (AvgIpc) is 2.39. The monoisotopic (exact) mass is 276 g/mol. The second-order valence-electron chi connectivity index (χ2n) is 4.35. The molecule has 0 aliphatic heterocycles. The molecule has 0 saturated carbocycles. The number of hydrogen-bond donors (Lipinski definition) is 3. The number of aliphatic carboxylic acids is 1. The molecule has 19 heavy (non-hydrogen) atoms. The summed E-state index contributed by atoms with van der Waals surface area (Å²) in [6, 6.07) is -1.43. The van der Waals surface area contributed by atoms with Crippen molar-refractivity contribution in [2.75, 3.05) is 33.4 Å². The van der Waals surface area contributed by atoms with Gasteiger partial charge in [-0.05, 0) is 5.92 Å². The van der Waals surface area contributed by atoms with Gasteiger partial charge in [-0.1, -0.05) is 20.3 Å².